The van der Waals surface area contributed by atoms with Crippen molar-refractivity contribution >= 4 is 30.7 Å². The number of aromatic nitrogens is 3. The van der Waals surface area contributed by atoms with Gasteiger partial charge in [-0.1, -0.05) is 0 Å². The molecule has 0 aliphatic heterocycles. The quantitative estimate of drug-likeness (QED) is 0.639. The molecule has 0 spiro atoms. The van der Waals surface area contributed by atoms with Crippen LogP contribution in [-0.2, 0) is 11.2 Å². The predicted molar refractivity (Wildman–Crippen MR) is 109 cm³/mol. The number of aryl methyl sites for hydroxylation is 1. The fourth-order valence-electron chi connectivity index (χ4n) is 2.79. The van der Waals surface area contributed by atoms with E-state index in [9.17, 15) is 9.59 Å². The van der Waals surface area contributed by atoms with E-state index in [1.54, 1.807) is 25.4 Å². The molecule has 27 heavy (non-hydrogen) atoms. The molecule has 148 valence electrons. The Morgan fingerprint density at radius 2 is 2.15 bits per heavy atom. The van der Waals surface area contributed by atoms with Gasteiger partial charge in [-0.05, 0) is 44.2 Å². The lowest BCUT2D eigenvalue weighted by molar-refractivity contribution is -0.121. The van der Waals surface area contributed by atoms with Crippen LogP contribution in [0.2, 0.25) is 0 Å². The molecular formula is C18H25Cl2N5O2. The van der Waals surface area contributed by atoms with Crippen molar-refractivity contribution in [3.8, 4) is 11.4 Å². The van der Waals surface area contributed by atoms with Crippen molar-refractivity contribution < 1.29 is 4.79 Å². The number of rotatable bonds is 7. The zero-order chi connectivity index (χ0) is 17.8. The van der Waals surface area contributed by atoms with Crippen molar-refractivity contribution in [1.82, 2.24) is 20.3 Å². The van der Waals surface area contributed by atoms with E-state index in [4.69, 9.17) is 5.73 Å². The monoisotopic (exact) mass is 413 g/mol. The minimum atomic E-state index is -0.214. The molecule has 4 N–H and O–H groups in total. The van der Waals surface area contributed by atoms with Crippen molar-refractivity contribution in [2.24, 2.45) is 11.7 Å². The maximum atomic E-state index is 12.3. The fourth-order valence-corrected chi connectivity index (χ4v) is 2.79. The standard InChI is InChI=1S/C18H23N5O2.2ClH/c1-11-14(6-7-16(24)21-10-15(19)12-4-5-12)18(25)23-17(22-11)13-3-2-8-20-9-13;;/h2-3,8-9,12,15H,4-7,10,19H2,1H3,(H,21,24)(H,22,23,25);2*1H. The molecule has 1 amide bonds. The zero-order valence-corrected chi connectivity index (χ0v) is 16.7. The third-order valence-corrected chi connectivity index (χ3v) is 4.52. The molecule has 1 aliphatic rings. The maximum Gasteiger partial charge on any atom is 0.254 e. The molecule has 1 fully saturated rings. The van der Waals surface area contributed by atoms with Crippen molar-refractivity contribution in [3.05, 3.63) is 46.1 Å². The van der Waals surface area contributed by atoms with Gasteiger partial charge in [-0.15, -0.1) is 24.8 Å². The van der Waals surface area contributed by atoms with Crippen molar-refractivity contribution in [2.45, 2.75) is 38.6 Å². The van der Waals surface area contributed by atoms with Gasteiger partial charge in [-0.2, -0.15) is 0 Å². The molecule has 2 aromatic heterocycles. The van der Waals surface area contributed by atoms with Crippen molar-refractivity contribution in [1.29, 1.82) is 0 Å². The van der Waals surface area contributed by atoms with Gasteiger partial charge in [0.2, 0.25) is 5.91 Å². The molecule has 1 unspecified atom stereocenters. The van der Waals surface area contributed by atoms with E-state index < -0.39 is 0 Å². The first-order valence-corrected chi connectivity index (χ1v) is 8.57. The van der Waals surface area contributed by atoms with E-state index in [1.807, 2.05) is 6.07 Å². The van der Waals surface area contributed by atoms with Gasteiger partial charge in [0, 0.05) is 48.2 Å². The molecular weight excluding hydrogens is 389 g/mol. The van der Waals surface area contributed by atoms with Gasteiger partial charge >= 0.3 is 0 Å². The average Bonchev–Trinajstić information content (AvgIpc) is 3.44. The fraction of sp³-hybridized carbons (Fsp3) is 0.444. The van der Waals surface area contributed by atoms with Gasteiger partial charge < -0.3 is 16.0 Å². The summed E-state index contributed by atoms with van der Waals surface area (Å²) in [5.74, 6) is 0.944. The van der Waals surface area contributed by atoms with Crippen molar-refractivity contribution in [2.75, 3.05) is 6.54 Å². The minimum absolute atomic E-state index is 0. The zero-order valence-electron chi connectivity index (χ0n) is 15.1. The first-order chi connectivity index (χ1) is 12.0. The van der Waals surface area contributed by atoms with Crippen LogP contribution in [0.25, 0.3) is 11.4 Å². The summed E-state index contributed by atoms with van der Waals surface area (Å²) in [6.45, 7) is 2.28. The third-order valence-electron chi connectivity index (χ3n) is 4.52. The highest BCUT2D eigenvalue weighted by atomic mass is 35.5. The second-order valence-corrected chi connectivity index (χ2v) is 6.53. The third kappa shape index (κ3) is 6.30. The Kier molecular flexibility index (Phi) is 8.88. The number of aromatic amines is 1. The van der Waals surface area contributed by atoms with Crippen LogP contribution in [0, 0.1) is 12.8 Å². The lowest BCUT2D eigenvalue weighted by Gasteiger charge is -2.12. The van der Waals surface area contributed by atoms with Crippen LogP contribution < -0.4 is 16.6 Å². The predicted octanol–water partition coefficient (Wildman–Crippen LogP) is 1.77. The lowest BCUT2D eigenvalue weighted by atomic mass is 10.1. The second-order valence-electron chi connectivity index (χ2n) is 6.53. The smallest absolute Gasteiger partial charge is 0.254 e. The van der Waals surface area contributed by atoms with E-state index in [-0.39, 0.29) is 48.7 Å². The van der Waals surface area contributed by atoms with Gasteiger partial charge in [-0.25, -0.2) is 4.98 Å². The van der Waals surface area contributed by atoms with Gasteiger partial charge in [0.1, 0.15) is 5.82 Å². The molecule has 9 heteroatoms. The molecule has 1 atom stereocenters. The molecule has 0 saturated heterocycles. The SMILES string of the molecule is Cc1nc(-c2cccnc2)[nH]c(=O)c1CCC(=O)NCC(N)C1CC1.Cl.Cl. The van der Waals surface area contributed by atoms with Gasteiger partial charge in [-0.3, -0.25) is 14.6 Å². The molecule has 0 bridgehead atoms. The highest BCUT2D eigenvalue weighted by molar-refractivity contribution is 5.85. The number of hydrogen-bond acceptors (Lipinski definition) is 5. The summed E-state index contributed by atoms with van der Waals surface area (Å²) in [4.78, 5) is 35.6. The second kappa shape index (κ2) is 10.4. The number of amides is 1. The normalized spacial score (nSPS) is 13.9. The largest absolute Gasteiger partial charge is 0.355 e. The number of H-pyrrole nitrogens is 1. The van der Waals surface area contributed by atoms with Crippen LogP contribution in [0.3, 0.4) is 0 Å². The lowest BCUT2D eigenvalue weighted by Crippen LogP contribution is -2.38. The summed E-state index contributed by atoms with van der Waals surface area (Å²) in [5.41, 5.74) is 7.67. The average molecular weight is 414 g/mol. The van der Waals surface area contributed by atoms with E-state index >= 15 is 0 Å². The summed E-state index contributed by atoms with van der Waals surface area (Å²) < 4.78 is 0. The van der Waals surface area contributed by atoms with Crippen LogP contribution in [-0.4, -0.2) is 33.4 Å². The number of nitrogens with one attached hydrogen (secondary N) is 2. The molecule has 0 aromatic carbocycles. The van der Waals surface area contributed by atoms with Gasteiger partial charge in [0.05, 0.1) is 0 Å². The van der Waals surface area contributed by atoms with Crippen LogP contribution in [0.1, 0.15) is 30.5 Å². The molecule has 7 nitrogen and oxygen atoms in total. The van der Waals surface area contributed by atoms with Crippen molar-refractivity contribution in [3.63, 3.8) is 0 Å². The van der Waals surface area contributed by atoms with E-state index in [2.05, 4.69) is 20.3 Å². The minimum Gasteiger partial charge on any atom is -0.355 e. The van der Waals surface area contributed by atoms with Gasteiger partial charge in [0.15, 0.2) is 0 Å². The maximum absolute atomic E-state index is 12.3. The summed E-state index contributed by atoms with van der Waals surface area (Å²) in [6, 6.07) is 3.66. The summed E-state index contributed by atoms with van der Waals surface area (Å²) in [6.07, 6.45) is 6.22. The number of halogens is 2. The van der Waals surface area contributed by atoms with E-state index in [0.717, 1.165) is 18.4 Å². The highest BCUT2D eigenvalue weighted by Gasteiger charge is 2.28. The Hall–Kier alpha value is -1.96. The number of carbonyl (C=O) groups is 1. The molecule has 2 heterocycles. The molecule has 3 rings (SSSR count). The summed E-state index contributed by atoms with van der Waals surface area (Å²) in [5, 5.41) is 2.85. The topological polar surface area (TPSA) is 114 Å². The Morgan fingerprint density at radius 3 is 2.74 bits per heavy atom. The Balaban J connectivity index is 0.00000182. The van der Waals surface area contributed by atoms with E-state index in [1.165, 1.54) is 0 Å². The molecule has 2 aromatic rings. The summed E-state index contributed by atoms with van der Waals surface area (Å²) in [7, 11) is 0. The van der Waals surface area contributed by atoms with Crippen LogP contribution in [0.5, 0.6) is 0 Å². The molecule has 1 aliphatic carbocycles. The Morgan fingerprint density at radius 1 is 1.41 bits per heavy atom. The molecule has 0 radical (unpaired) electrons. The van der Waals surface area contributed by atoms with Gasteiger partial charge in [0.25, 0.3) is 5.56 Å². The number of pyridine rings is 1. The van der Waals surface area contributed by atoms with Crippen LogP contribution in [0.4, 0.5) is 0 Å². The first kappa shape index (κ1) is 23.1. The number of nitrogens with zero attached hydrogens (tertiary/aromatic N) is 2. The highest BCUT2D eigenvalue weighted by Crippen LogP contribution is 2.31. The van der Waals surface area contributed by atoms with Crippen LogP contribution in [0.15, 0.2) is 29.3 Å². The Bertz CT molecular complexity index is 809. The molecule has 1 saturated carbocycles. The number of carbonyl (C=O) groups excluding carboxylic acids is 1. The number of hydrogen-bond donors (Lipinski definition) is 3. The summed E-state index contributed by atoms with van der Waals surface area (Å²) >= 11 is 0. The Labute approximate surface area is 170 Å². The number of nitrogens with two attached hydrogens (primary N) is 1. The van der Waals surface area contributed by atoms with Crippen LogP contribution >= 0.6 is 24.8 Å². The first-order valence-electron chi connectivity index (χ1n) is 8.57. The van der Waals surface area contributed by atoms with E-state index in [0.29, 0.717) is 36.0 Å².